The van der Waals surface area contributed by atoms with E-state index in [9.17, 15) is 4.79 Å². The summed E-state index contributed by atoms with van der Waals surface area (Å²) < 4.78 is 7.16. The first-order valence-electron chi connectivity index (χ1n) is 6.28. The third-order valence-electron chi connectivity index (χ3n) is 2.81. The summed E-state index contributed by atoms with van der Waals surface area (Å²) in [6, 6.07) is 11.1. The molecule has 112 valence electrons. The summed E-state index contributed by atoms with van der Waals surface area (Å²) in [4.78, 5) is 15.3. The van der Waals surface area contributed by atoms with Crippen LogP contribution in [0.15, 0.2) is 55.0 Å². The molecule has 0 fully saturated rings. The summed E-state index contributed by atoms with van der Waals surface area (Å²) in [5.41, 5.74) is 1.99. The highest BCUT2D eigenvalue weighted by Crippen LogP contribution is 2.31. The average molecular weight is 396 g/mol. The molecule has 2 aromatic heterocycles. The fourth-order valence-electron chi connectivity index (χ4n) is 1.81. The van der Waals surface area contributed by atoms with E-state index in [1.165, 1.54) is 17.8 Å². The molecule has 0 atom stereocenters. The van der Waals surface area contributed by atoms with Crippen LogP contribution in [0.3, 0.4) is 0 Å². The zero-order chi connectivity index (χ0) is 15.5. The number of carboxylic acids is 1. The van der Waals surface area contributed by atoms with E-state index in [-0.39, 0.29) is 5.76 Å². The fraction of sp³-hybridized carbons (Fsp3) is 0.0667. The van der Waals surface area contributed by atoms with E-state index >= 15 is 0 Å². The van der Waals surface area contributed by atoms with Crippen LogP contribution in [0, 0.1) is 0 Å². The zero-order valence-corrected chi connectivity index (χ0v) is 14.4. The molecule has 0 saturated heterocycles. The van der Waals surface area contributed by atoms with E-state index in [0.29, 0.717) is 11.5 Å². The average Bonchev–Trinajstić information content (AvgIpc) is 3.14. The van der Waals surface area contributed by atoms with Gasteiger partial charge in [-0.2, -0.15) is 0 Å². The lowest BCUT2D eigenvalue weighted by Gasteiger charge is -1.97. The van der Waals surface area contributed by atoms with Crippen LogP contribution in [0.4, 0.5) is 0 Å². The molecular weight excluding hydrogens is 386 g/mol. The molecule has 0 bridgehead atoms. The van der Waals surface area contributed by atoms with Gasteiger partial charge in [-0.3, -0.25) is 0 Å². The van der Waals surface area contributed by atoms with Gasteiger partial charge in [0.1, 0.15) is 5.76 Å². The Morgan fingerprint density at radius 2 is 2.23 bits per heavy atom. The minimum Gasteiger partial charge on any atom is -0.475 e. The Bertz CT molecular complexity index is 812. The molecule has 3 aromatic rings. The summed E-state index contributed by atoms with van der Waals surface area (Å²) in [5.74, 6) is 0.0900. The predicted molar refractivity (Wildman–Crippen MR) is 90.5 cm³/mol. The first-order chi connectivity index (χ1) is 10.6. The number of thiazole rings is 1. The van der Waals surface area contributed by atoms with Crippen LogP contribution in [0.5, 0.6) is 0 Å². The van der Waals surface area contributed by atoms with Crippen molar-refractivity contribution in [3.05, 3.63) is 57.8 Å². The van der Waals surface area contributed by atoms with Gasteiger partial charge in [0, 0.05) is 15.4 Å². The molecule has 0 aliphatic rings. The Kier molecular flexibility index (Phi) is 4.66. The van der Waals surface area contributed by atoms with Crippen LogP contribution >= 0.6 is 39.0 Å². The fourth-order valence-corrected chi connectivity index (χ4v) is 3.94. The van der Waals surface area contributed by atoms with E-state index in [0.717, 1.165) is 20.1 Å². The monoisotopic (exact) mass is 395 g/mol. The molecule has 0 aliphatic carbocycles. The molecule has 4 nitrogen and oxygen atoms in total. The maximum absolute atomic E-state index is 10.8. The van der Waals surface area contributed by atoms with Crippen LogP contribution in [-0.2, 0) is 5.75 Å². The number of aromatic carboxylic acids is 1. The number of carboxylic acid groups (broad SMARTS) is 1. The number of aromatic nitrogens is 1. The van der Waals surface area contributed by atoms with E-state index < -0.39 is 5.97 Å². The molecule has 3 rings (SSSR count). The van der Waals surface area contributed by atoms with E-state index in [1.54, 1.807) is 17.4 Å². The molecule has 2 heterocycles. The van der Waals surface area contributed by atoms with Gasteiger partial charge in [-0.1, -0.05) is 39.8 Å². The lowest BCUT2D eigenvalue weighted by atomic mass is 10.2. The van der Waals surface area contributed by atoms with Crippen LogP contribution in [0.25, 0.3) is 11.3 Å². The Hall–Kier alpha value is -1.57. The van der Waals surface area contributed by atoms with Gasteiger partial charge in [0.25, 0.3) is 0 Å². The lowest BCUT2D eigenvalue weighted by molar-refractivity contribution is 0.0661. The second-order valence-corrected chi connectivity index (χ2v) is 7.37. The lowest BCUT2D eigenvalue weighted by Crippen LogP contribution is -1.91. The zero-order valence-electron chi connectivity index (χ0n) is 11.2. The number of rotatable bonds is 5. The molecule has 0 unspecified atom stereocenters. The number of hydrogen-bond donors (Lipinski definition) is 1. The standard InChI is InChI=1S/C15H10BrNO3S2/c16-10-3-1-2-9(6-10)12-8-22-15(17-12)21-7-11-4-5-13(20-11)14(18)19/h1-6,8H,7H2,(H,18,19). The van der Waals surface area contributed by atoms with Crippen molar-refractivity contribution in [1.29, 1.82) is 0 Å². The number of benzene rings is 1. The minimum absolute atomic E-state index is 0.0374. The van der Waals surface area contributed by atoms with Gasteiger partial charge in [-0.15, -0.1) is 11.3 Å². The molecule has 0 saturated carbocycles. The van der Waals surface area contributed by atoms with Crippen molar-refractivity contribution in [2.45, 2.75) is 10.1 Å². The third-order valence-corrected chi connectivity index (χ3v) is 5.35. The summed E-state index contributed by atoms with van der Waals surface area (Å²) in [5, 5.41) is 10.8. The van der Waals surface area contributed by atoms with Crippen molar-refractivity contribution in [2.75, 3.05) is 0 Å². The van der Waals surface area contributed by atoms with Crippen molar-refractivity contribution in [3.63, 3.8) is 0 Å². The van der Waals surface area contributed by atoms with Crippen molar-refractivity contribution in [1.82, 2.24) is 4.98 Å². The molecule has 1 N–H and O–H groups in total. The van der Waals surface area contributed by atoms with Crippen LogP contribution < -0.4 is 0 Å². The summed E-state index contributed by atoms with van der Waals surface area (Å²) >= 11 is 6.54. The number of thioether (sulfide) groups is 1. The first-order valence-corrected chi connectivity index (χ1v) is 8.94. The van der Waals surface area contributed by atoms with Gasteiger partial charge < -0.3 is 9.52 Å². The van der Waals surface area contributed by atoms with Crippen LogP contribution in [0.1, 0.15) is 16.3 Å². The smallest absolute Gasteiger partial charge is 0.371 e. The Morgan fingerprint density at radius 1 is 1.36 bits per heavy atom. The minimum atomic E-state index is -1.05. The normalized spacial score (nSPS) is 10.8. The van der Waals surface area contributed by atoms with Gasteiger partial charge in [0.05, 0.1) is 11.4 Å². The van der Waals surface area contributed by atoms with Gasteiger partial charge in [-0.05, 0) is 24.3 Å². The van der Waals surface area contributed by atoms with Gasteiger partial charge in [-0.25, -0.2) is 9.78 Å². The SMILES string of the molecule is O=C(O)c1ccc(CSc2nc(-c3cccc(Br)c3)cs2)o1. The topological polar surface area (TPSA) is 63.3 Å². The maximum atomic E-state index is 10.8. The number of halogens is 1. The Labute approximate surface area is 143 Å². The highest BCUT2D eigenvalue weighted by atomic mass is 79.9. The van der Waals surface area contributed by atoms with Gasteiger partial charge >= 0.3 is 5.97 Å². The third kappa shape index (κ3) is 3.60. The largest absolute Gasteiger partial charge is 0.475 e. The molecule has 0 aliphatic heterocycles. The Balaban J connectivity index is 1.68. The van der Waals surface area contributed by atoms with Crippen LogP contribution in [0.2, 0.25) is 0 Å². The van der Waals surface area contributed by atoms with Crippen molar-refractivity contribution in [3.8, 4) is 11.3 Å². The summed E-state index contributed by atoms with van der Waals surface area (Å²) in [7, 11) is 0. The Morgan fingerprint density at radius 3 is 2.95 bits per heavy atom. The molecule has 1 aromatic carbocycles. The number of hydrogen-bond acceptors (Lipinski definition) is 5. The van der Waals surface area contributed by atoms with Crippen molar-refractivity contribution < 1.29 is 14.3 Å². The predicted octanol–water partition coefficient (Wildman–Crippen LogP) is 5.16. The molecule has 22 heavy (non-hydrogen) atoms. The van der Waals surface area contributed by atoms with E-state index in [1.807, 2.05) is 29.6 Å². The maximum Gasteiger partial charge on any atom is 0.371 e. The quantitative estimate of drug-likeness (QED) is 0.604. The van der Waals surface area contributed by atoms with Gasteiger partial charge in [0.2, 0.25) is 5.76 Å². The highest BCUT2D eigenvalue weighted by Gasteiger charge is 2.10. The molecular formula is C15H10BrNO3S2. The van der Waals surface area contributed by atoms with Crippen molar-refractivity contribution in [2.24, 2.45) is 0 Å². The van der Waals surface area contributed by atoms with E-state index in [4.69, 9.17) is 9.52 Å². The van der Waals surface area contributed by atoms with Gasteiger partial charge in [0.15, 0.2) is 4.34 Å². The number of nitrogens with zero attached hydrogens (tertiary/aromatic N) is 1. The summed E-state index contributed by atoms with van der Waals surface area (Å²) in [6.07, 6.45) is 0. The summed E-state index contributed by atoms with van der Waals surface area (Å²) in [6.45, 7) is 0. The highest BCUT2D eigenvalue weighted by molar-refractivity contribution is 9.10. The molecule has 0 spiro atoms. The molecule has 7 heteroatoms. The molecule has 0 radical (unpaired) electrons. The van der Waals surface area contributed by atoms with Crippen molar-refractivity contribution >= 4 is 45.0 Å². The number of furan rings is 1. The molecule has 0 amide bonds. The second-order valence-electron chi connectivity index (χ2n) is 4.37. The van der Waals surface area contributed by atoms with Crippen LogP contribution in [-0.4, -0.2) is 16.1 Å². The first kappa shape index (κ1) is 15.3. The second kappa shape index (κ2) is 6.68. The van der Waals surface area contributed by atoms with E-state index in [2.05, 4.69) is 20.9 Å². The number of carbonyl (C=O) groups is 1.